The lowest BCUT2D eigenvalue weighted by atomic mass is 10.1. The van der Waals surface area contributed by atoms with Gasteiger partial charge in [0, 0.05) is 15.2 Å². The first-order valence-corrected chi connectivity index (χ1v) is 9.74. The first-order chi connectivity index (χ1) is 13.0. The number of anilines is 1. The van der Waals surface area contributed by atoms with Crippen molar-refractivity contribution in [1.82, 2.24) is 4.90 Å². The SMILES string of the molecule is O=C1CC(N(C(=O)c2ccc(F)cc2)C2CC2)C(=O)N1c1ccc(I)cc1. The molecule has 0 radical (unpaired) electrons. The second kappa shape index (κ2) is 7.03. The molecule has 4 rings (SSSR count). The lowest BCUT2D eigenvalue weighted by molar-refractivity contribution is -0.122. The van der Waals surface area contributed by atoms with E-state index < -0.39 is 11.9 Å². The van der Waals surface area contributed by atoms with Gasteiger partial charge in [-0.15, -0.1) is 0 Å². The summed E-state index contributed by atoms with van der Waals surface area (Å²) in [4.78, 5) is 41.2. The van der Waals surface area contributed by atoms with Crippen molar-refractivity contribution in [2.45, 2.75) is 31.3 Å². The van der Waals surface area contributed by atoms with E-state index in [1.54, 1.807) is 12.1 Å². The molecule has 5 nitrogen and oxygen atoms in total. The van der Waals surface area contributed by atoms with E-state index in [-0.39, 0.29) is 30.2 Å². The van der Waals surface area contributed by atoms with Crippen molar-refractivity contribution >= 4 is 46.0 Å². The van der Waals surface area contributed by atoms with Crippen molar-refractivity contribution < 1.29 is 18.8 Å². The van der Waals surface area contributed by atoms with Gasteiger partial charge >= 0.3 is 0 Å². The van der Waals surface area contributed by atoms with Crippen molar-refractivity contribution in [2.24, 2.45) is 0 Å². The van der Waals surface area contributed by atoms with E-state index in [9.17, 15) is 18.8 Å². The lowest BCUT2D eigenvalue weighted by Gasteiger charge is -2.27. The maximum Gasteiger partial charge on any atom is 0.257 e. The Bertz CT molecular complexity index is 910. The molecule has 3 amide bonds. The lowest BCUT2D eigenvalue weighted by Crippen LogP contribution is -2.46. The van der Waals surface area contributed by atoms with Gasteiger partial charge in [0.05, 0.1) is 12.1 Å². The normalized spacial score (nSPS) is 19.5. The molecular formula is C20H16FIN2O3. The predicted octanol–water partition coefficient (Wildman–Crippen LogP) is 3.37. The van der Waals surface area contributed by atoms with Crippen LogP contribution in [0.5, 0.6) is 0 Å². The summed E-state index contributed by atoms with van der Waals surface area (Å²) in [5.74, 6) is -1.47. The fraction of sp³-hybridized carbons (Fsp3) is 0.250. The van der Waals surface area contributed by atoms with E-state index >= 15 is 0 Å². The Hall–Kier alpha value is -2.29. The van der Waals surface area contributed by atoms with Gasteiger partial charge in [0.15, 0.2) is 0 Å². The number of hydrogen-bond donors (Lipinski definition) is 0. The molecule has 2 aromatic carbocycles. The average molecular weight is 478 g/mol. The Balaban J connectivity index is 1.63. The van der Waals surface area contributed by atoms with Crippen LogP contribution in [0.15, 0.2) is 48.5 Å². The highest BCUT2D eigenvalue weighted by Gasteiger charge is 2.48. The predicted molar refractivity (Wildman–Crippen MR) is 106 cm³/mol. The fourth-order valence-corrected chi connectivity index (χ4v) is 3.71. The molecule has 1 unspecified atom stereocenters. The zero-order chi connectivity index (χ0) is 19.1. The summed E-state index contributed by atoms with van der Waals surface area (Å²) < 4.78 is 14.2. The van der Waals surface area contributed by atoms with E-state index in [1.165, 1.54) is 29.2 Å². The minimum Gasteiger partial charge on any atom is -0.323 e. The molecule has 27 heavy (non-hydrogen) atoms. The molecule has 2 aromatic rings. The van der Waals surface area contributed by atoms with Gasteiger partial charge in [-0.25, -0.2) is 9.29 Å². The molecule has 138 valence electrons. The molecule has 1 saturated heterocycles. The van der Waals surface area contributed by atoms with Crippen LogP contribution in [0.2, 0.25) is 0 Å². The van der Waals surface area contributed by atoms with Crippen molar-refractivity contribution in [1.29, 1.82) is 0 Å². The van der Waals surface area contributed by atoms with Crippen LogP contribution >= 0.6 is 22.6 Å². The molecule has 1 saturated carbocycles. The largest absolute Gasteiger partial charge is 0.323 e. The number of amides is 3. The molecule has 0 aromatic heterocycles. The molecular weight excluding hydrogens is 462 g/mol. The van der Waals surface area contributed by atoms with Gasteiger partial charge in [-0.1, -0.05) is 0 Å². The number of imide groups is 1. The highest BCUT2D eigenvalue weighted by Crippen LogP contribution is 2.35. The van der Waals surface area contributed by atoms with Crippen LogP contribution < -0.4 is 4.90 Å². The third kappa shape index (κ3) is 3.47. The summed E-state index contributed by atoms with van der Waals surface area (Å²) in [5, 5.41) is 0. The quantitative estimate of drug-likeness (QED) is 0.501. The average Bonchev–Trinajstić information content (AvgIpc) is 3.43. The number of carbonyl (C=O) groups excluding carboxylic acids is 3. The Morgan fingerprint density at radius 3 is 2.26 bits per heavy atom. The Morgan fingerprint density at radius 1 is 1.04 bits per heavy atom. The smallest absolute Gasteiger partial charge is 0.257 e. The van der Waals surface area contributed by atoms with Crippen molar-refractivity contribution in [3.63, 3.8) is 0 Å². The zero-order valence-corrected chi connectivity index (χ0v) is 16.4. The molecule has 0 bridgehead atoms. The molecule has 1 aliphatic carbocycles. The van der Waals surface area contributed by atoms with Crippen molar-refractivity contribution in [2.75, 3.05) is 4.90 Å². The molecule has 0 spiro atoms. The van der Waals surface area contributed by atoms with Gasteiger partial charge in [0.1, 0.15) is 11.9 Å². The first kappa shape index (κ1) is 18.1. The standard InChI is InChI=1S/C20H16FIN2O3/c21-13-3-1-12(2-4-13)19(26)23(15-9-10-15)17-11-18(25)24(20(17)27)16-7-5-14(22)6-8-16/h1-8,15,17H,9-11H2. The van der Waals surface area contributed by atoms with Gasteiger partial charge in [-0.3, -0.25) is 14.4 Å². The fourth-order valence-electron chi connectivity index (χ4n) is 3.35. The van der Waals surface area contributed by atoms with Gasteiger partial charge < -0.3 is 4.90 Å². The van der Waals surface area contributed by atoms with Gasteiger partial charge in [0.25, 0.3) is 11.8 Å². The van der Waals surface area contributed by atoms with E-state index in [0.29, 0.717) is 11.3 Å². The number of carbonyl (C=O) groups is 3. The van der Waals surface area contributed by atoms with E-state index in [2.05, 4.69) is 22.6 Å². The van der Waals surface area contributed by atoms with E-state index in [4.69, 9.17) is 0 Å². The Kier molecular flexibility index (Phi) is 4.71. The van der Waals surface area contributed by atoms with Crippen LogP contribution in [-0.2, 0) is 9.59 Å². The van der Waals surface area contributed by atoms with Crippen LogP contribution in [0.1, 0.15) is 29.6 Å². The molecule has 2 fully saturated rings. The second-order valence-corrected chi connectivity index (χ2v) is 7.96. The van der Waals surface area contributed by atoms with Gasteiger partial charge in [-0.2, -0.15) is 0 Å². The second-order valence-electron chi connectivity index (χ2n) is 6.71. The topological polar surface area (TPSA) is 57.7 Å². The minimum atomic E-state index is -0.818. The van der Waals surface area contributed by atoms with E-state index in [1.807, 2.05) is 12.1 Å². The van der Waals surface area contributed by atoms with Crippen LogP contribution in [0.3, 0.4) is 0 Å². The number of hydrogen-bond acceptors (Lipinski definition) is 3. The van der Waals surface area contributed by atoms with Gasteiger partial charge in [0.2, 0.25) is 5.91 Å². The maximum atomic E-state index is 13.2. The molecule has 1 atom stereocenters. The van der Waals surface area contributed by atoms with Crippen LogP contribution in [0.4, 0.5) is 10.1 Å². The van der Waals surface area contributed by atoms with Crippen LogP contribution in [0, 0.1) is 9.39 Å². The van der Waals surface area contributed by atoms with Crippen LogP contribution in [0.25, 0.3) is 0 Å². The number of benzene rings is 2. The maximum absolute atomic E-state index is 13.2. The highest BCUT2D eigenvalue weighted by atomic mass is 127. The van der Waals surface area contributed by atoms with Gasteiger partial charge in [-0.05, 0) is 84.0 Å². The van der Waals surface area contributed by atoms with Crippen LogP contribution in [-0.4, -0.2) is 34.7 Å². The summed E-state index contributed by atoms with van der Waals surface area (Å²) in [6.45, 7) is 0. The summed E-state index contributed by atoms with van der Waals surface area (Å²) in [5.41, 5.74) is 0.828. The highest BCUT2D eigenvalue weighted by molar-refractivity contribution is 14.1. The van der Waals surface area contributed by atoms with Crippen molar-refractivity contribution in [3.8, 4) is 0 Å². The summed E-state index contributed by atoms with van der Waals surface area (Å²) in [6, 6.07) is 11.5. The molecule has 0 N–H and O–H groups in total. The minimum absolute atomic E-state index is 0.0335. The Morgan fingerprint density at radius 2 is 1.67 bits per heavy atom. The number of halogens is 2. The molecule has 2 aliphatic rings. The molecule has 7 heteroatoms. The summed E-state index contributed by atoms with van der Waals surface area (Å²) in [7, 11) is 0. The monoisotopic (exact) mass is 478 g/mol. The Labute approximate surface area is 169 Å². The number of rotatable bonds is 4. The summed E-state index contributed by atoms with van der Waals surface area (Å²) >= 11 is 2.15. The number of nitrogens with zero attached hydrogens (tertiary/aromatic N) is 2. The van der Waals surface area contributed by atoms with Crippen molar-refractivity contribution in [3.05, 3.63) is 63.5 Å². The first-order valence-electron chi connectivity index (χ1n) is 8.66. The molecule has 1 heterocycles. The summed E-state index contributed by atoms with van der Waals surface area (Å²) in [6.07, 6.45) is 1.57. The third-order valence-corrected chi connectivity index (χ3v) is 5.53. The molecule has 1 aliphatic heterocycles. The third-order valence-electron chi connectivity index (χ3n) is 4.81. The van der Waals surface area contributed by atoms with E-state index in [0.717, 1.165) is 21.3 Å². The zero-order valence-electron chi connectivity index (χ0n) is 14.3.